The molecule has 0 spiro atoms. The van der Waals surface area contributed by atoms with Gasteiger partial charge < -0.3 is 20.7 Å². The van der Waals surface area contributed by atoms with Gasteiger partial charge in [0.05, 0.1) is 11.6 Å². The van der Waals surface area contributed by atoms with Crippen LogP contribution < -0.4 is 11.1 Å². The fourth-order valence-electron chi connectivity index (χ4n) is 4.80. The zero-order valence-corrected chi connectivity index (χ0v) is 25.2. The van der Waals surface area contributed by atoms with Crippen LogP contribution in [0.5, 0.6) is 0 Å². The number of likely N-dealkylation sites (N-methyl/N-ethyl adjacent to an activating group) is 1. The van der Waals surface area contributed by atoms with Crippen molar-refractivity contribution in [1.82, 2.24) is 14.5 Å². The Morgan fingerprint density at radius 3 is 2.56 bits per heavy atom. The van der Waals surface area contributed by atoms with E-state index in [2.05, 4.69) is 11.4 Å². The van der Waals surface area contributed by atoms with Crippen molar-refractivity contribution in [1.29, 1.82) is 5.26 Å². The van der Waals surface area contributed by atoms with Gasteiger partial charge in [-0.05, 0) is 74.8 Å². The smallest absolute Gasteiger partial charge is 0.324 e. The Morgan fingerprint density at radius 2 is 1.84 bits per heavy atom. The summed E-state index contributed by atoms with van der Waals surface area (Å²) in [5.41, 5.74) is 11.3. The highest BCUT2D eigenvalue weighted by Crippen LogP contribution is 2.35. The molecular formula is C34H38N6O3. The molecule has 2 aromatic carbocycles. The number of aromatic nitrogens is 2. The molecule has 0 aliphatic carbocycles. The van der Waals surface area contributed by atoms with Crippen LogP contribution in [0.3, 0.4) is 0 Å². The third-order valence-electron chi connectivity index (χ3n) is 6.88. The number of amides is 1. The molecule has 0 saturated heterocycles. The van der Waals surface area contributed by atoms with E-state index in [-0.39, 0.29) is 11.8 Å². The molecule has 0 bridgehead atoms. The van der Waals surface area contributed by atoms with Crippen LogP contribution in [0, 0.1) is 17.2 Å². The van der Waals surface area contributed by atoms with Gasteiger partial charge in [-0.25, -0.2) is 4.98 Å². The minimum Gasteiger partial charge on any atom is -0.440 e. The van der Waals surface area contributed by atoms with E-state index in [0.29, 0.717) is 29.9 Å². The standard InChI is InChI=1S/C34H38N6O3/c1-22(2)15-31(36)34(42)43-23(3)40-21-30(26-11-6-9-24(16-26)19-35)29-18-27(20-37-33(29)40)25-10-7-12-28(17-25)38-32(41)13-8-14-39(4)5/h6-13,16-18,20-23,31H,14-15,36H2,1-5H3,(H,38,41)/b13-8+. The van der Waals surface area contributed by atoms with Gasteiger partial charge in [0.1, 0.15) is 11.7 Å². The maximum Gasteiger partial charge on any atom is 0.324 e. The summed E-state index contributed by atoms with van der Waals surface area (Å²) in [5.74, 6) is -0.417. The fourth-order valence-corrected chi connectivity index (χ4v) is 4.80. The molecule has 43 heavy (non-hydrogen) atoms. The van der Waals surface area contributed by atoms with Crippen LogP contribution in [0.1, 0.15) is 39.0 Å². The number of anilines is 1. The number of pyridine rings is 1. The Bertz CT molecular complexity index is 1680. The quantitative estimate of drug-likeness (QED) is 0.172. The molecule has 2 aromatic heterocycles. The van der Waals surface area contributed by atoms with E-state index in [0.717, 1.165) is 27.6 Å². The third kappa shape index (κ3) is 7.95. The van der Waals surface area contributed by atoms with Crippen molar-refractivity contribution >= 4 is 28.6 Å². The largest absolute Gasteiger partial charge is 0.440 e. The summed E-state index contributed by atoms with van der Waals surface area (Å²) in [4.78, 5) is 31.9. The van der Waals surface area contributed by atoms with Gasteiger partial charge in [0.25, 0.3) is 0 Å². The Morgan fingerprint density at radius 1 is 1.09 bits per heavy atom. The zero-order chi connectivity index (χ0) is 31.1. The second kappa shape index (κ2) is 13.9. The predicted molar refractivity (Wildman–Crippen MR) is 170 cm³/mol. The number of fused-ring (bicyclic) bond motifs is 1. The lowest BCUT2D eigenvalue weighted by Crippen LogP contribution is -2.34. The summed E-state index contributed by atoms with van der Waals surface area (Å²) in [6, 6.07) is 18.4. The average molecular weight is 579 g/mol. The Kier molecular flexibility index (Phi) is 10.1. The lowest BCUT2D eigenvalue weighted by molar-refractivity contribution is -0.154. The van der Waals surface area contributed by atoms with Crippen LogP contribution in [0.15, 0.2) is 79.1 Å². The fraction of sp³-hybridized carbons (Fsp3) is 0.294. The molecule has 4 rings (SSSR count). The molecule has 222 valence electrons. The first-order chi connectivity index (χ1) is 20.5. The molecular weight excluding hydrogens is 540 g/mol. The van der Waals surface area contributed by atoms with Gasteiger partial charge in [-0.15, -0.1) is 0 Å². The molecule has 2 unspecified atom stereocenters. The number of esters is 1. The summed E-state index contributed by atoms with van der Waals surface area (Å²) in [7, 11) is 3.88. The van der Waals surface area contributed by atoms with Crippen LogP contribution in [0.4, 0.5) is 5.69 Å². The summed E-state index contributed by atoms with van der Waals surface area (Å²) in [6.45, 7) is 6.46. The molecule has 2 atom stereocenters. The minimum atomic E-state index is -0.716. The maximum atomic E-state index is 12.7. The Hall–Kier alpha value is -4.78. The first-order valence-electron chi connectivity index (χ1n) is 14.3. The Balaban J connectivity index is 1.72. The number of nitrogens with one attached hydrogen (secondary N) is 1. The second-order valence-corrected chi connectivity index (χ2v) is 11.2. The van der Waals surface area contributed by atoms with Crippen LogP contribution >= 0.6 is 0 Å². The number of nitrogens with zero attached hydrogens (tertiary/aromatic N) is 4. The number of benzene rings is 2. The van der Waals surface area contributed by atoms with Gasteiger partial charge in [-0.2, -0.15) is 5.26 Å². The molecule has 0 saturated carbocycles. The SMILES string of the molecule is CC(C)CC(N)C(=O)OC(C)n1cc(-c2cccc(C#N)c2)c2cc(-c3cccc(NC(=O)/C=C/CN(C)C)c3)cnc21. The van der Waals surface area contributed by atoms with Crippen molar-refractivity contribution in [3.63, 3.8) is 0 Å². The van der Waals surface area contributed by atoms with Gasteiger partial charge in [0.15, 0.2) is 6.23 Å². The highest BCUT2D eigenvalue weighted by atomic mass is 16.6. The van der Waals surface area contributed by atoms with E-state index >= 15 is 0 Å². The van der Waals surface area contributed by atoms with Crippen molar-refractivity contribution in [2.75, 3.05) is 26.0 Å². The van der Waals surface area contributed by atoms with Gasteiger partial charge in [0.2, 0.25) is 5.91 Å². The monoisotopic (exact) mass is 578 g/mol. The Labute approximate surface area is 252 Å². The average Bonchev–Trinajstić information content (AvgIpc) is 3.36. The molecule has 4 aromatic rings. The molecule has 1 amide bonds. The molecule has 0 aliphatic heterocycles. The highest BCUT2D eigenvalue weighted by Gasteiger charge is 2.23. The molecule has 3 N–H and O–H groups in total. The number of hydrogen-bond acceptors (Lipinski definition) is 7. The lowest BCUT2D eigenvalue weighted by atomic mass is 10.0. The first kappa shape index (κ1) is 31.2. The van der Waals surface area contributed by atoms with E-state index in [1.165, 1.54) is 6.08 Å². The third-order valence-corrected chi connectivity index (χ3v) is 6.88. The zero-order valence-electron chi connectivity index (χ0n) is 25.2. The van der Waals surface area contributed by atoms with Gasteiger partial charge in [0, 0.05) is 47.2 Å². The van der Waals surface area contributed by atoms with Crippen molar-refractivity contribution in [2.24, 2.45) is 11.7 Å². The summed E-state index contributed by atoms with van der Waals surface area (Å²) < 4.78 is 7.58. The van der Waals surface area contributed by atoms with E-state index in [9.17, 15) is 14.9 Å². The summed E-state index contributed by atoms with van der Waals surface area (Å²) in [6.07, 6.45) is 6.83. The molecule has 0 fully saturated rings. The normalized spacial score (nSPS) is 12.9. The summed E-state index contributed by atoms with van der Waals surface area (Å²) in [5, 5.41) is 13.2. The predicted octanol–water partition coefficient (Wildman–Crippen LogP) is 5.73. The van der Waals surface area contributed by atoms with Crippen molar-refractivity contribution in [3.8, 4) is 28.3 Å². The van der Waals surface area contributed by atoms with Gasteiger partial charge in [-0.3, -0.25) is 14.2 Å². The number of carbonyl (C=O) groups is 2. The molecule has 0 aliphatic rings. The van der Waals surface area contributed by atoms with Crippen LogP contribution in [-0.4, -0.2) is 53.0 Å². The number of carbonyl (C=O) groups excluding carboxylic acids is 2. The molecule has 0 radical (unpaired) electrons. The van der Waals surface area contributed by atoms with Crippen molar-refractivity contribution in [3.05, 3.63) is 84.7 Å². The van der Waals surface area contributed by atoms with E-state index in [1.807, 2.05) is 92.1 Å². The maximum absolute atomic E-state index is 12.7. The van der Waals surface area contributed by atoms with Crippen LogP contribution in [0.25, 0.3) is 33.3 Å². The van der Waals surface area contributed by atoms with Crippen molar-refractivity contribution in [2.45, 2.75) is 39.5 Å². The van der Waals surface area contributed by atoms with E-state index in [4.69, 9.17) is 15.5 Å². The van der Waals surface area contributed by atoms with Crippen molar-refractivity contribution < 1.29 is 14.3 Å². The molecule has 9 heteroatoms. The number of nitrogens with two attached hydrogens (primary N) is 1. The molecule has 9 nitrogen and oxygen atoms in total. The number of hydrogen-bond donors (Lipinski definition) is 2. The van der Waals surface area contributed by atoms with Crippen LogP contribution in [0.2, 0.25) is 0 Å². The number of nitriles is 1. The molecule has 2 heterocycles. The first-order valence-corrected chi connectivity index (χ1v) is 14.3. The topological polar surface area (TPSA) is 126 Å². The number of rotatable bonds is 11. The van der Waals surface area contributed by atoms with Gasteiger partial charge >= 0.3 is 5.97 Å². The minimum absolute atomic E-state index is 0.207. The van der Waals surface area contributed by atoms with E-state index in [1.54, 1.807) is 25.3 Å². The van der Waals surface area contributed by atoms with Gasteiger partial charge in [-0.1, -0.05) is 44.2 Å². The second-order valence-electron chi connectivity index (χ2n) is 11.2. The van der Waals surface area contributed by atoms with Crippen LogP contribution in [-0.2, 0) is 14.3 Å². The highest BCUT2D eigenvalue weighted by molar-refractivity contribution is 6.00. The lowest BCUT2D eigenvalue weighted by Gasteiger charge is -2.19. The van der Waals surface area contributed by atoms with E-state index < -0.39 is 18.2 Å². The number of ether oxygens (including phenoxy) is 1. The summed E-state index contributed by atoms with van der Waals surface area (Å²) >= 11 is 0.